The second-order valence-corrected chi connectivity index (χ2v) is 6.24. The Labute approximate surface area is 125 Å². The van der Waals surface area contributed by atoms with Crippen LogP contribution in [0.4, 0.5) is 5.69 Å². The summed E-state index contributed by atoms with van der Waals surface area (Å²) in [4.78, 5) is 12.8. The third-order valence-corrected chi connectivity index (χ3v) is 4.85. The van der Waals surface area contributed by atoms with Gasteiger partial charge in [0, 0.05) is 24.7 Å². The zero-order valence-electron chi connectivity index (χ0n) is 12.3. The van der Waals surface area contributed by atoms with E-state index in [0.717, 1.165) is 37.2 Å². The largest absolute Gasteiger partial charge is 0.314 e. The number of nitro groups is 1. The third kappa shape index (κ3) is 3.60. The normalized spacial score (nSPS) is 24.3. The number of nitrogens with zero attached hydrogens (tertiary/aromatic N) is 2. The first kappa shape index (κ1) is 14.5. The van der Waals surface area contributed by atoms with Crippen LogP contribution < -0.4 is 5.32 Å². The molecule has 1 aromatic rings. The van der Waals surface area contributed by atoms with E-state index in [0.29, 0.717) is 0 Å². The summed E-state index contributed by atoms with van der Waals surface area (Å²) < 4.78 is 0. The van der Waals surface area contributed by atoms with Gasteiger partial charge in [-0.1, -0.05) is 12.1 Å². The molecule has 0 spiro atoms. The van der Waals surface area contributed by atoms with Gasteiger partial charge in [-0.05, 0) is 56.8 Å². The maximum atomic E-state index is 10.7. The Morgan fingerprint density at radius 2 is 1.90 bits per heavy atom. The van der Waals surface area contributed by atoms with Crippen molar-refractivity contribution in [2.45, 2.75) is 38.3 Å². The monoisotopic (exact) mass is 289 g/mol. The third-order valence-electron chi connectivity index (χ3n) is 4.85. The number of benzene rings is 1. The molecule has 2 fully saturated rings. The fourth-order valence-electron chi connectivity index (χ4n) is 3.61. The highest BCUT2D eigenvalue weighted by molar-refractivity contribution is 5.32. The fraction of sp³-hybridized carbons (Fsp3) is 0.625. The van der Waals surface area contributed by atoms with Crippen molar-refractivity contribution in [2.75, 3.05) is 19.6 Å². The molecular formula is C16H23N3O2. The molecule has 0 radical (unpaired) electrons. The summed E-state index contributed by atoms with van der Waals surface area (Å²) in [5, 5.41) is 14.3. The molecule has 1 unspecified atom stereocenters. The number of non-ortho nitro benzene ring substituents is 1. The molecule has 2 heterocycles. The first-order chi connectivity index (χ1) is 10.2. The molecule has 0 aliphatic carbocycles. The molecule has 21 heavy (non-hydrogen) atoms. The maximum absolute atomic E-state index is 10.7. The number of nitrogens with one attached hydrogen (secondary N) is 1. The SMILES string of the molecule is O=[N+]([O-])c1ccc(CN2CCC(C3CCCN3)CC2)cc1. The van der Waals surface area contributed by atoms with Crippen molar-refractivity contribution in [1.29, 1.82) is 0 Å². The number of likely N-dealkylation sites (tertiary alicyclic amines) is 1. The Bertz CT molecular complexity index is 475. The Kier molecular flexibility index (Phi) is 4.51. The van der Waals surface area contributed by atoms with Crippen LogP contribution in [-0.4, -0.2) is 35.5 Å². The predicted molar refractivity (Wildman–Crippen MR) is 82.1 cm³/mol. The van der Waals surface area contributed by atoms with E-state index in [-0.39, 0.29) is 10.6 Å². The molecule has 1 N–H and O–H groups in total. The van der Waals surface area contributed by atoms with Crippen LogP contribution in [0.25, 0.3) is 0 Å². The van der Waals surface area contributed by atoms with E-state index in [1.807, 2.05) is 12.1 Å². The van der Waals surface area contributed by atoms with E-state index < -0.39 is 0 Å². The van der Waals surface area contributed by atoms with Crippen LogP contribution in [0.1, 0.15) is 31.2 Å². The minimum Gasteiger partial charge on any atom is -0.314 e. The lowest BCUT2D eigenvalue weighted by Crippen LogP contribution is -2.40. The Balaban J connectivity index is 1.49. The topological polar surface area (TPSA) is 58.4 Å². The molecule has 0 aromatic heterocycles. The van der Waals surface area contributed by atoms with E-state index in [9.17, 15) is 10.1 Å². The highest BCUT2D eigenvalue weighted by Crippen LogP contribution is 2.26. The van der Waals surface area contributed by atoms with Crippen LogP contribution in [0.5, 0.6) is 0 Å². The minimum atomic E-state index is -0.343. The van der Waals surface area contributed by atoms with Crippen molar-refractivity contribution in [1.82, 2.24) is 10.2 Å². The number of hydrogen-bond acceptors (Lipinski definition) is 4. The molecule has 2 aliphatic heterocycles. The standard InChI is InChI=1S/C16H23N3O2/c20-19(21)15-5-3-13(4-6-15)12-18-10-7-14(8-11-18)16-2-1-9-17-16/h3-6,14,16-17H,1-2,7-12H2. The molecule has 3 rings (SSSR count). The van der Waals surface area contributed by atoms with Crippen LogP contribution in [0, 0.1) is 16.0 Å². The van der Waals surface area contributed by atoms with Crippen molar-refractivity contribution < 1.29 is 4.92 Å². The molecule has 114 valence electrons. The predicted octanol–water partition coefficient (Wildman–Crippen LogP) is 2.56. The quantitative estimate of drug-likeness (QED) is 0.683. The molecule has 0 saturated carbocycles. The molecule has 2 saturated heterocycles. The first-order valence-electron chi connectivity index (χ1n) is 7.91. The van der Waals surface area contributed by atoms with E-state index in [4.69, 9.17) is 0 Å². The summed E-state index contributed by atoms with van der Waals surface area (Å²) in [7, 11) is 0. The smallest absolute Gasteiger partial charge is 0.269 e. The average Bonchev–Trinajstić information content (AvgIpc) is 3.03. The number of rotatable bonds is 4. The summed E-state index contributed by atoms with van der Waals surface area (Å²) in [6.07, 6.45) is 5.20. The molecule has 1 aromatic carbocycles. The Morgan fingerprint density at radius 3 is 2.48 bits per heavy atom. The highest BCUT2D eigenvalue weighted by Gasteiger charge is 2.28. The summed E-state index contributed by atoms with van der Waals surface area (Å²) in [6.45, 7) is 4.37. The number of piperidine rings is 1. The highest BCUT2D eigenvalue weighted by atomic mass is 16.6. The Morgan fingerprint density at radius 1 is 1.19 bits per heavy atom. The van der Waals surface area contributed by atoms with Crippen LogP contribution in [0.2, 0.25) is 0 Å². The lowest BCUT2D eigenvalue weighted by atomic mass is 9.88. The number of nitro benzene ring substituents is 1. The van der Waals surface area contributed by atoms with Gasteiger partial charge in [-0.25, -0.2) is 0 Å². The molecule has 5 nitrogen and oxygen atoms in total. The number of hydrogen-bond donors (Lipinski definition) is 1. The summed E-state index contributed by atoms with van der Waals surface area (Å²) >= 11 is 0. The lowest BCUT2D eigenvalue weighted by Gasteiger charge is -2.34. The molecule has 0 bridgehead atoms. The van der Waals surface area contributed by atoms with Crippen LogP contribution in [0.3, 0.4) is 0 Å². The van der Waals surface area contributed by atoms with Gasteiger partial charge in [0.1, 0.15) is 0 Å². The molecule has 2 aliphatic rings. The molecule has 0 amide bonds. The lowest BCUT2D eigenvalue weighted by molar-refractivity contribution is -0.384. The zero-order valence-corrected chi connectivity index (χ0v) is 12.3. The van der Waals surface area contributed by atoms with E-state index in [1.165, 1.54) is 32.2 Å². The molecule has 5 heteroatoms. The van der Waals surface area contributed by atoms with E-state index in [2.05, 4.69) is 10.2 Å². The van der Waals surface area contributed by atoms with E-state index in [1.54, 1.807) is 12.1 Å². The van der Waals surface area contributed by atoms with Crippen molar-refractivity contribution in [2.24, 2.45) is 5.92 Å². The minimum absolute atomic E-state index is 0.171. The second-order valence-electron chi connectivity index (χ2n) is 6.24. The fourth-order valence-corrected chi connectivity index (χ4v) is 3.61. The summed E-state index contributed by atoms with van der Waals surface area (Å²) in [5.41, 5.74) is 1.34. The maximum Gasteiger partial charge on any atom is 0.269 e. The average molecular weight is 289 g/mol. The van der Waals surface area contributed by atoms with Gasteiger partial charge in [0.15, 0.2) is 0 Å². The first-order valence-corrected chi connectivity index (χ1v) is 7.91. The van der Waals surface area contributed by atoms with Gasteiger partial charge in [0.05, 0.1) is 4.92 Å². The molecular weight excluding hydrogens is 266 g/mol. The van der Waals surface area contributed by atoms with Gasteiger partial charge in [0.2, 0.25) is 0 Å². The van der Waals surface area contributed by atoms with Crippen LogP contribution in [0.15, 0.2) is 24.3 Å². The summed E-state index contributed by atoms with van der Waals surface area (Å²) in [6, 6.07) is 7.70. The van der Waals surface area contributed by atoms with Crippen LogP contribution in [-0.2, 0) is 6.54 Å². The van der Waals surface area contributed by atoms with Gasteiger partial charge in [-0.2, -0.15) is 0 Å². The van der Waals surface area contributed by atoms with Gasteiger partial charge < -0.3 is 5.32 Å². The zero-order chi connectivity index (χ0) is 14.7. The van der Waals surface area contributed by atoms with E-state index >= 15 is 0 Å². The van der Waals surface area contributed by atoms with Crippen molar-refractivity contribution in [3.63, 3.8) is 0 Å². The second kappa shape index (κ2) is 6.54. The summed E-state index contributed by atoms with van der Waals surface area (Å²) in [5.74, 6) is 0.834. The Hall–Kier alpha value is -1.46. The van der Waals surface area contributed by atoms with Gasteiger partial charge >= 0.3 is 0 Å². The van der Waals surface area contributed by atoms with Crippen molar-refractivity contribution >= 4 is 5.69 Å². The van der Waals surface area contributed by atoms with Crippen molar-refractivity contribution in [3.8, 4) is 0 Å². The van der Waals surface area contributed by atoms with Gasteiger partial charge in [-0.3, -0.25) is 15.0 Å². The van der Waals surface area contributed by atoms with Crippen LogP contribution >= 0.6 is 0 Å². The van der Waals surface area contributed by atoms with Gasteiger partial charge in [0.25, 0.3) is 5.69 Å². The van der Waals surface area contributed by atoms with Gasteiger partial charge in [-0.15, -0.1) is 0 Å². The molecule has 1 atom stereocenters. The van der Waals surface area contributed by atoms with Crippen molar-refractivity contribution in [3.05, 3.63) is 39.9 Å².